The van der Waals surface area contributed by atoms with Crippen molar-refractivity contribution in [2.45, 2.75) is 52.8 Å². The van der Waals surface area contributed by atoms with Crippen LogP contribution in [0.4, 0.5) is 0 Å². The molecule has 0 fully saturated rings. The first kappa shape index (κ1) is 17.6. The van der Waals surface area contributed by atoms with E-state index in [0.29, 0.717) is 0 Å². The SMILES string of the molecule is CC(C)(C)C1=CC(Cl)(C(C)(C)C)CC(c2cccc(Cl)c2)=C1. The molecule has 0 nitrogen and oxygen atoms in total. The predicted molar refractivity (Wildman–Crippen MR) is 99.6 cm³/mol. The molecule has 0 saturated carbocycles. The molecule has 0 N–H and O–H groups in total. The summed E-state index contributed by atoms with van der Waals surface area (Å²) in [5, 5.41) is 0.765. The van der Waals surface area contributed by atoms with Gasteiger partial charge in [0.2, 0.25) is 0 Å². The normalized spacial score (nSPS) is 23.1. The largest absolute Gasteiger partial charge is 0.114 e. The molecule has 0 amide bonds. The molecular weight excluding hydrogens is 311 g/mol. The Hall–Kier alpha value is -0.720. The van der Waals surface area contributed by atoms with Crippen LogP contribution in [0.1, 0.15) is 53.5 Å². The summed E-state index contributed by atoms with van der Waals surface area (Å²) in [7, 11) is 0. The highest BCUT2D eigenvalue weighted by Gasteiger charge is 2.42. The minimum atomic E-state index is -0.387. The Morgan fingerprint density at radius 2 is 1.68 bits per heavy atom. The fourth-order valence-electron chi connectivity index (χ4n) is 2.64. The molecule has 0 heterocycles. The van der Waals surface area contributed by atoms with Crippen LogP contribution in [0.5, 0.6) is 0 Å². The van der Waals surface area contributed by atoms with Gasteiger partial charge in [-0.15, -0.1) is 11.6 Å². The van der Waals surface area contributed by atoms with Crippen molar-refractivity contribution in [2.75, 3.05) is 0 Å². The van der Waals surface area contributed by atoms with Crippen LogP contribution in [-0.4, -0.2) is 4.87 Å². The number of hydrogen-bond donors (Lipinski definition) is 0. The van der Waals surface area contributed by atoms with E-state index in [0.717, 1.165) is 17.0 Å². The summed E-state index contributed by atoms with van der Waals surface area (Å²) in [6.07, 6.45) is 5.37. The third-order valence-corrected chi connectivity index (χ3v) is 5.51. The molecule has 0 saturated heterocycles. The molecule has 0 aromatic heterocycles. The van der Waals surface area contributed by atoms with E-state index in [4.69, 9.17) is 23.2 Å². The topological polar surface area (TPSA) is 0 Å². The standard InChI is InChI=1S/C20H26Cl2/c1-18(2,3)16-10-15(14-8-7-9-17(21)11-14)12-20(22,13-16)19(4,5)6/h7-11,13H,12H2,1-6H3. The Morgan fingerprint density at radius 3 is 2.18 bits per heavy atom. The summed E-state index contributed by atoms with van der Waals surface area (Å²) in [5.74, 6) is 0. The van der Waals surface area contributed by atoms with Gasteiger partial charge >= 0.3 is 0 Å². The lowest BCUT2D eigenvalue weighted by Crippen LogP contribution is -2.38. The second kappa shape index (κ2) is 5.73. The van der Waals surface area contributed by atoms with Gasteiger partial charge in [0, 0.05) is 5.02 Å². The van der Waals surface area contributed by atoms with Crippen LogP contribution in [-0.2, 0) is 0 Å². The molecule has 22 heavy (non-hydrogen) atoms. The van der Waals surface area contributed by atoms with Gasteiger partial charge in [-0.05, 0) is 46.1 Å². The second-order valence-corrected chi connectivity index (χ2v) is 9.43. The summed E-state index contributed by atoms with van der Waals surface area (Å²) in [5.41, 5.74) is 3.76. The van der Waals surface area contributed by atoms with Crippen LogP contribution in [0.3, 0.4) is 0 Å². The average molecular weight is 337 g/mol. The zero-order valence-electron chi connectivity index (χ0n) is 14.4. The molecule has 1 aromatic carbocycles. The van der Waals surface area contributed by atoms with Gasteiger partial charge < -0.3 is 0 Å². The molecule has 120 valence electrons. The summed E-state index contributed by atoms with van der Waals surface area (Å²) in [6, 6.07) is 8.05. The average Bonchev–Trinajstić information content (AvgIpc) is 2.35. The molecule has 1 aromatic rings. The van der Waals surface area contributed by atoms with Gasteiger partial charge in [0.1, 0.15) is 0 Å². The molecule has 1 aliphatic rings. The highest BCUT2D eigenvalue weighted by atomic mass is 35.5. The zero-order valence-corrected chi connectivity index (χ0v) is 15.9. The third-order valence-electron chi connectivity index (χ3n) is 4.47. The van der Waals surface area contributed by atoms with E-state index in [1.807, 2.05) is 18.2 Å². The van der Waals surface area contributed by atoms with Crippen LogP contribution in [0.2, 0.25) is 5.02 Å². The van der Waals surface area contributed by atoms with Gasteiger partial charge in [0.15, 0.2) is 0 Å². The van der Waals surface area contributed by atoms with Crippen molar-refractivity contribution in [3.63, 3.8) is 0 Å². The quantitative estimate of drug-likeness (QED) is 0.478. The van der Waals surface area contributed by atoms with E-state index in [9.17, 15) is 0 Å². The second-order valence-electron chi connectivity index (χ2n) is 8.32. The van der Waals surface area contributed by atoms with Crippen molar-refractivity contribution < 1.29 is 0 Å². The maximum atomic E-state index is 7.09. The Labute approximate surface area is 145 Å². The van der Waals surface area contributed by atoms with E-state index in [1.165, 1.54) is 11.1 Å². The van der Waals surface area contributed by atoms with Crippen LogP contribution < -0.4 is 0 Å². The smallest absolute Gasteiger partial charge is 0.0720 e. The highest BCUT2D eigenvalue weighted by molar-refractivity contribution is 6.30. The summed E-state index contributed by atoms with van der Waals surface area (Å²) in [4.78, 5) is -0.387. The molecule has 0 bridgehead atoms. The minimum absolute atomic E-state index is 0.0247. The molecule has 0 aliphatic heterocycles. The molecule has 0 spiro atoms. The highest BCUT2D eigenvalue weighted by Crippen LogP contribution is 2.50. The third kappa shape index (κ3) is 3.60. The van der Waals surface area contributed by atoms with Gasteiger partial charge in [-0.25, -0.2) is 0 Å². The molecule has 1 aliphatic carbocycles. The first-order valence-electron chi connectivity index (χ1n) is 7.81. The van der Waals surface area contributed by atoms with E-state index in [-0.39, 0.29) is 15.7 Å². The zero-order chi connectivity index (χ0) is 16.8. The Bertz CT molecular complexity index is 624. The monoisotopic (exact) mass is 336 g/mol. The van der Waals surface area contributed by atoms with Crippen molar-refractivity contribution >= 4 is 28.8 Å². The Balaban J connectivity index is 2.57. The first-order chi connectivity index (χ1) is 9.92. The first-order valence-corrected chi connectivity index (χ1v) is 8.57. The van der Waals surface area contributed by atoms with Gasteiger partial charge in [-0.2, -0.15) is 0 Å². The van der Waals surface area contributed by atoms with Crippen molar-refractivity contribution in [3.8, 4) is 0 Å². The fraction of sp³-hybridized carbons (Fsp3) is 0.500. The van der Waals surface area contributed by atoms with E-state index < -0.39 is 0 Å². The summed E-state index contributed by atoms with van der Waals surface area (Å²) in [6.45, 7) is 13.3. The maximum Gasteiger partial charge on any atom is 0.0720 e. The number of rotatable bonds is 1. The van der Waals surface area contributed by atoms with Gasteiger partial charge in [-0.3, -0.25) is 0 Å². The van der Waals surface area contributed by atoms with Gasteiger partial charge in [0.05, 0.1) is 4.87 Å². The Morgan fingerprint density at radius 1 is 1.05 bits per heavy atom. The lowest BCUT2D eigenvalue weighted by atomic mass is 9.69. The minimum Gasteiger partial charge on any atom is -0.114 e. The molecule has 0 radical (unpaired) electrons. The lowest BCUT2D eigenvalue weighted by Gasteiger charge is -2.42. The maximum absolute atomic E-state index is 7.09. The number of halogens is 2. The van der Waals surface area contributed by atoms with Crippen molar-refractivity contribution in [1.29, 1.82) is 0 Å². The number of alkyl halides is 1. The lowest BCUT2D eigenvalue weighted by molar-refractivity contribution is 0.319. The molecule has 1 unspecified atom stereocenters. The van der Waals surface area contributed by atoms with Crippen LogP contribution in [0.25, 0.3) is 5.57 Å². The molecular formula is C20H26Cl2. The predicted octanol–water partition coefficient (Wildman–Crippen LogP) is 7.12. The molecule has 1 atom stereocenters. The van der Waals surface area contributed by atoms with E-state index in [2.05, 4.69) is 59.8 Å². The van der Waals surface area contributed by atoms with Gasteiger partial charge in [-0.1, -0.05) is 77.4 Å². The van der Waals surface area contributed by atoms with Crippen molar-refractivity contribution in [3.05, 3.63) is 52.6 Å². The van der Waals surface area contributed by atoms with Crippen molar-refractivity contribution in [2.24, 2.45) is 10.8 Å². The van der Waals surface area contributed by atoms with E-state index in [1.54, 1.807) is 0 Å². The number of hydrogen-bond acceptors (Lipinski definition) is 0. The van der Waals surface area contributed by atoms with Crippen molar-refractivity contribution in [1.82, 2.24) is 0 Å². The number of allylic oxidation sites excluding steroid dienone is 4. The van der Waals surface area contributed by atoms with Crippen LogP contribution >= 0.6 is 23.2 Å². The summed E-state index contributed by atoms with van der Waals surface area (Å²) < 4.78 is 0. The molecule has 2 rings (SSSR count). The Kier molecular flexibility index (Phi) is 4.59. The van der Waals surface area contributed by atoms with Crippen LogP contribution in [0.15, 0.2) is 42.0 Å². The fourth-order valence-corrected chi connectivity index (χ4v) is 3.10. The summed E-state index contributed by atoms with van der Waals surface area (Å²) >= 11 is 13.3. The van der Waals surface area contributed by atoms with Gasteiger partial charge in [0.25, 0.3) is 0 Å². The molecule has 2 heteroatoms. The van der Waals surface area contributed by atoms with E-state index >= 15 is 0 Å². The number of benzene rings is 1. The van der Waals surface area contributed by atoms with Crippen LogP contribution in [0, 0.1) is 10.8 Å².